The number of nitriles is 1. The van der Waals surface area contributed by atoms with E-state index in [0.29, 0.717) is 6.42 Å². The number of aromatic hydroxyl groups is 1. The van der Waals surface area contributed by atoms with E-state index >= 15 is 0 Å². The molecule has 1 aromatic carbocycles. The first-order valence-electron chi connectivity index (χ1n) is 8.56. The Morgan fingerprint density at radius 3 is 2.55 bits per heavy atom. The van der Waals surface area contributed by atoms with E-state index in [4.69, 9.17) is 0 Å². The van der Waals surface area contributed by atoms with Crippen molar-refractivity contribution in [3.8, 4) is 11.9 Å². The van der Waals surface area contributed by atoms with Crippen LogP contribution < -0.4 is 5.56 Å². The Morgan fingerprint density at radius 2 is 2.00 bits per heavy atom. The molecule has 0 saturated carbocycles. The number of aliphatic imine (C=N–C) groups is 1. The van der Waals surface area contributed by atoms with Gasteiger partial charge < -0.3 is 5.11 Å². The van der Waals surface area contributed by atoms with Gasteiger partial charge in [-0.3, -0.25) is 29.6 Å². The number of nitro benzene ring substituents is 2. The summed E-state index contributed by atoms with van der Waals surface area (Å²) in [4.78, 5) is 36.9. The molecule has 0 aliphatic heterocycles. The largest absolute Gasteiger partial charge is 0.494 e. The molecule has 2 rings (SSSR count). The van der Waals surface area contributed by atoms with Crippen LogP contribution in [0.4, 0.5) is 17.1 Å². The van der Waals surface area contributed by atoms with Crippen LogP contribution in [-0.4, -0.2) is 25.7 Å². The number of benzene rings is 1. The van der Waals surface area contributed by atoms with Crippen molar-refractivity contribution in [2.45, 2.75) is 33.2 Å². The van der Waals surface area contributed by atoms with Crippen molar-refractivity contribution in [2.24, 2.45) is 4.99 Å². The van der Waals surface area contributed by atoms with Gasteiger partial charge in [-0.25, -0.2) is 4.99 Å². The van der Waals surface area contributed by atoms with Crippen molar-refractivity contribution in [3.63, 3.8) is 0 Å². The number of non-ortho nitro benzene ring substituents is 1. The second-order valence-corrected chi connectivity index (χ2v) is 6.10. The van der Waals surface area contributed by atoms with Gasteiger partial charge in [-0.15, -0.1) is 0 Å². The predicted octanol–water partition coefficient (Wildman–Crippen LogP) is 3.10. The number of unbranched alkanes of at least 4 members (excludes halogenated alkanes) is 1. The average Bonchev–Trinajstić information content (AvgIpc) is 2.68. The van der Waals surface area contributed by atoms with Crippen molar-refractivity contribution >= 4 is 23.3 Å². The maximum absolute atomic E-state index is 12.4. The van der Waals surface area contributed by atoms with Gasteiger partial charge in [-0.05, 0) is 25.0 Å². The first kappa shape index (κ1) is 21.2. The summed E-state index contributed by atoms with van der Waals surface area (Å²) in [5.41, 5.74) is -1.79. The van der Waals surface area contributed by atoms with Crippen LogP contribution in [0.5, 0.6) is 5.88 Å². The molecule has 0 atom stereocenters. The minimum atomic E-state index is -0.810. The highest BCUT2D eigenvalue weighted by Crippen LogP contribution is 2.31. The van der Waals surface area contributed by atoms with Crippen LogP contribution >= 0.6 is 0 Å². The zero-order chi connectivity index (χ0) is 21.7. The molecule has 0 unspecified atom stereocenters. The Hall–Kier alpha value is -4.07. The number of rotatable bonds is 7. The molecule has 11 nitrogen and oxygen atoms in total. The molecule has 1 aromatic heterocycles. The molecule has 0 aliphatic carbocycles. The summed E-state index contributed by atoms with van der Waals surface area (Å²) in [6, 6.07) is 4.76. The lowest BCUT2D eigenvalue weighted by molar-refractivity contribution is -0.393. The van der Waals surface area contributed by atoms with E-state index in [2.05, 4.69) is 4.99 Å². The lowest BCUT2D eigenvalue weighted by atomic mass is 10.1. The van der Waals surface area contributed by atoms with Crippen molar-refractivity contribution in [1.29, 1.82) is 5.26 Å². The van der Waals surface area contributed by atoms with Crippen LogP contribution in [0.15, 0.2) is 28.0 Å². The molecule has 1 N–H and O–H groups in total. The third-order valence-electron chi connectivity index (χ3n) is 4.28. The van der Waals surface area contributed by atoms with E-state index in [9.17, 15) is 35.4 Å². The van der Waals surface area contributed by atoms with Crippen LogP contribution in [0.2, 0.25) is 0 Å². The molecular weight excluding hydrogens is 382 g/mol. The monoisotopic (exact) mass is 399 g/mol. The Labute approximate surface area is 164 Å². The van der Waals surface area contributed by atoms with Gasteiger partial charge in [0.25, 0.3) is 11.2 Å². The van der Waals surface area contributed by atoms with Crippen LogP contribution in [0, 0.1) is 38.5 Å². The van der Waals surface area contributed by atoms with Gasteiger partial charge in [0, 0.05) is 18.8 Å². The number of aromatic nitrogens is 1. The maximum atomic E-state index is 12.4. The van der Waals surface area contributed by atoms with E-state index in [1.54, 1.807) is 6.07 Å². The van der Waals surface area contributed by atoms with Gasteiger partial charge in [0.1, 0.15) is 17.3 Å². The molecule has 0 aliphatic rings. The average molecular weight is 399 g/mol. The molecule has 0 fully saturated rings. The third-order valence-corrected chi connectivity index (χ3v) is 4.28. The first-order chi connectivity index (χ1) is 13.7. The molecule has 29 heavy (non-hydrogen) atoms. The van der Waals surface area contributed by atoms with E-state index < -0.39 is 32.7 Å². The lowest BCUT2D eigenvalue weighted by Crippen LogP contribution is -2.25. The fourth-order valence-electron chi connectivity index (χ4n) is 2.66. The zero-order valence-electron chi connectivity index (χ0n) is 15.7. The van der Waals surface area contributed by atoms with Crippen molar-refractivity contribution in [1.82, 2.24) is 4.57 Å². The zero-order valence-corrected chi connectivity index (χ0v) is 15.7. The quantitative estimate of drug-likeness (QED) is 0.424. The second-order valence-electron chi connectivity index (χ2n) is 6.10. The fourth-order valence-corrected chi connectivity index (χ4v) is 2.66. The van der Waals surface area contributed by atoms with Gasteiger partial charge in [-0.1, -0.05) is 13.3 Å². The molecule has 0 bridgehead atoms. The molecule has 0 amide bonds. The smallest absolute Gasteiger partial charge is 0.301 e. The summed E-state index contributed by atoms with van der Waals surface area (Å²) in [5.74, 6) is -0.409. The molecular formula is C18H17N5O6. The van der Waals surface area contributed by atoms with Gasteiger partial charge in [0.15, 0.2) is 0 Å². The predicted molar refractivity (Wildman–Crippen MR) is 104 cm³/mol. The van der Waals surface area contributed by atoms with E-state index in [1.165, 1.54) is 6.92 Å². The Bertz CT molecular complexity index is 1110. The number of pyridine rings is 1. The number of hydrogen-bond donors (Lipinski definition) is 1. The topological polar surface area (TPSA) is 165 Å². The molecule has 150 valence electrons. The Kier molecular flexibility index (Phi) is 6.40. The van der Waals surface area contributed by atoms with Gasteiger partial charge in [0.05, 0.1) is 21.5 Å². The third kappa shape index (κ3) is 4.27. The molecule has 11 heteroatoms. The van der Waals surface area contributed by atoms with Crippen LogP contribution in [-0.2, 0) is 6.54 Å². The summed E-state index contributed by atoms with van der Waals surface area (Å²) in [7, 11) is 0. The van der Waals surface area contributed by atoms with E-state index in [1.807, 2.05) is 6.92 Å². The molecule has 1 heterocycles. The van der Waals surface area contributed by atoms with Gasteiger partial charge in [0.2, 0.25) is 5.88 Å². The van der Waals surface area contributed by atoms with Crippen LogP contribution in [0.1, 0.15) is 36.5 Å². The summed E-state index contributed by atoms with van der Waals surface area (Å²) in [6.45, 7) is 3.54. The second kappa shape index (κ2) is 8.75. The van der Waals surface area contributed by atoms with E-state index in [-0.39, 0.29) is 28.9 Å². The SMILES string of the molecule is CCCCn1c(O)c(C=Nc2ccc([N+](=O)[O-])cc2[N+](=O)[O-])c(C)c(C#N)c1=O. The van der Waals surface area contributed by atoms with E-state index in [0.717, 1.165) is 35.4 Å². The maximum Gasteiger partial charge on any atom is 0.301 e. The standard InChI is InChI=1S/C18H17N5O6/c1-3-4-7-21-17(24)13(9-19)11(2)14(18(21)25)10-20-15-6-5-12(22(26)27)8-16(15)23(28)29/h5-6,8,10,25H,3-4,7H2,1-2H3. The lowest BCUT2D eigenvalue weighted by Gasteiger charge is -2.13. The number of nitro groups is 2. The number of nitrogens with zero attached hydrogens (tertiary/aromatic N) is 5. The highest BCUT2D eigenvalue weighted by atomic mass is 16.6. The Balaban J connectivity index is 2.64. The van der Waals surface area contributed by atoms with Crippen molar-refractivity contribution in [2.75, 3.05) is 0 Å². The molecule has 0 saturated heterocycles. The molecule has 0 spiro atoms. The highest BCUT2D eigenvalue weighted by Gasteiger charge is 2.21. The van der Waals surface area contributed by atoms with Crippen molar-refractivity contribution < 1.29 is 15.0 Å². The van der Waals surface area contributed by atoms with Gasteiger partial charge in [-0.2, -0.15) is 5.26 Å². The minimum Gasteiger partial charge on any atom is -0.494 e. The summed E-state index contributed by atoms with van der Waals surface area (Å²) >= 11 is 0. The molecule has 2 aromatic rings. The van der Waals surface area contributed by atoms with Crippen LogP contribution in [0.25, 0.3) is 0 Å². The van der Waals surface area contributed by atoms with Gasteiger partial charge >= 0.3 is 5.69 Å². The van der Waals surface area contributed by atoms with Crippen LogP contribution in [0.3, 0.4) is 0 Å². The normalized spacial score (nSPS) is 10.8. The summed E-state index contributed by atoms with van der Waals surface area (Å²) in [5, 5.41) is 41.9. The Morgan fingerprint density at radius 1 is 1.31 bits per heavy atom. The fraction of sp³-hybridized carbons (Fsp3) is 0.278. The number of hydrogen-bond acceptors (Lipinski definition) is 8. The summed E-state index contributed by atoms with van der Waals surface area (Å²) in [6.07, 6.45) is 2.44. The first-order valence-corrected chi connectivity index (χ1v) is 8.56. The van der Waals surface area contributed by atoms with Crippen molar-refractivity contribution in [3.05, 3.63) is 65.5 Å². The molecule has 0 radical (unpaired) electrons. The highest BCUT2D eigenvalue weighted by molar-refractivity contribution is 5.88. The minimum absolute atomic E-state index is 0.0601. The summed E-state index contributed by atoms with van der Waals surface area (Å²) < 4.78 is 1.06.